The summed E-state index contributed by atoms with van der Waals surface area (Å²) in [6, 6.07) is 0. The molecule has 0 aromatic heterocycles. The molecule has 4 heteroatoms. The summed E-state index contributed by atoms with van der Waals surface area (Å²) in [5, 5.41) is 10.0. The van der Waals surface area contributed by atoms with Gasteiger partial charge in [0, 0.05) is 0 Å². The number of unbranched alkanes of at least 4 members (excludes halogenated alkanes) is 1. The molecule has 0 aliphatic carbocycles. The van der Waals surface area contributed by atoms with Crippen LogP contribution in [0.4, 0.5) is 0 Å². The summed E-state index contributed by atoms with van der Waals surface area (Å²) >= 11 is 2.98. The van der Waals surface area contributed by atoms with Crippen molar-refractivity contribution in [3.8, 4) is 0 Å². The largest absolute Gasteiger partial charge is 1.00 e. The van der Waals surface area contributed by atoms with E-state index in [2.05, 4.69) is 15.9 Å². The summed E-state index contributed by atoms with van der Waals surface area (Å²) in [6.45, 7) is 2.02. The second kappa shape index (κ2) is 8.05. The normalized spacial score (nSPS) is 11.8. The van der Waals surface area contributed by atoms with E-state index < -0.39 is 10.8 Å². The van der Waals surface area contributed by atoms with Gasteiger partial charge in [-0.3, -0.25) is 0 Å². The zero-order chi connectivity index (χ0) is 7.28. The van der Waals surface area contributed by atoms with Gasteiger partial charge in [-0.05, 0) is 6.42 Å². The number of alkyl halides is 1. The maximum absolute atomic E-state index is 10.0. The molecule has 0 saturated carbocycles. The van der Waals surface area contributed by atoms with Crippen molar-refractivity contribution in [2.24, 2.45) is 0 Å². The van der Waals surface area contributed by atoms with Crippen LogP contribution in [-0.4, -0.2) is 10.8 Å². The first-order valence-corrected chi connectivity index (χ1v) is 3.95. The third-order valence-electron chi connectivity index (χ3n) is 1.07. The number of carboxylic acids is 1. The van der Waals surface area contributed by atoms with Crippen molar-refractivity contribution in [3.05, 3.63) is 0 Å². The number of hydrogen-bond acceptors (Lipinski definition) is 2. The van der Waals surface area contributed by atoms with Crippen molar-refractivity contribution in [3.63, 3.8) is 0 Å². The van der Waals surface area contributed by atoms with E-state index in [0.29, 0.717) is 6.42 Å². The van der Waals surface area contributed by atoms with Crippen molar-refractivity contribution in [2.75, 3.05) is 0 Å². The van der Waals surface area contributed by atoms with Gasteiger partial charge in [0.2, 0.25) is 0 Å². The van der Waals surface area contributed by atoms with E-state index >= 15 is 0 Å². The van der Waals surface area contributed by atoms with Crippen LogP contribution in [0.25, 0.3) is 0 Å². The van der Waals surface area contributed by atoms with Crippen LogP contribution in [0.5, 0.6) is 0 Å². The van der Waals surface area contributed by atoms with Crippen LogP contribution >= 0.6 is 15.9 Å². The van der Waals surface area contributed by atoms with Gasteiger partial charge in [-0.15, -0.1) is 0 Å². The molecule has 0 aliphatic rings. The number of aliphatic carboxylic acids is 1. The number of carbonyl (C=O) groups excluding carboxylic acids is 1. The maximum Gasteiger partial charge on any atom is 1.00 e. The van der Waals surface area contributed by atoms with Gasteiger partial charge in [-0.2, -0.15) is 0 Å². The molecule has 0 rings (SSSR count). The molecule has 0 aromatic carbocycles. The minimum Gasteiger partial charge on any atom is -0.549 e. The quantitative estimate of drug-likeness (QED) is 0.392. The van der Waals surface area contributed by atoms with Crippen LogP contribution in [0, 0.1) is 0 Å². The van der Waals surface area contributed by atoms with Crippen LogP contribution in [0.3, 0.4) is 0 Å². The Morgan fingerprint density at radius 1 is 1.70 bits per heavy atom. The third kappa shape index (κ3) is 7.06. The van der Waals surface area contributed by atoms with Gasteiger partial charge in [-0.25, -0.2) is 0 Å². The number of carboxylic acid groups (broad SMARTS) is 1. The molecule has 10 heavy (non-hydrogen) atoms. The van der Waals surface area contributed by atoms with E-state index in [-0.39, 0.29) is 29.6 Å². The fourth-order valence-corrected chi connectivity index (χ4v) is 0.825. The van der Waals surface area contributed by atoms with Gasteiger partial charge >= 0.3 is 29.6 Å². The third-order valence-corrected chi connectivity index (χ3v) is 1.90. The molecule has 0 N–H and O–H groups in total. The smallest absolute Gasteiger partial charge is 0.549 e. The van der Waals surface area contributed by atoms with E-state index in [9.17, 15) is 9.90 Å². The van der Waals surface area contributed by atoms with Crippen LogP contribution in [0.15, 0.2) is 0 Å². The predicted octanol–water partition coefficient (Wildman–Crippen LogP) is -2.31. The molecule has 0 saturated heterocycles. The first-order valence-electron chi connectivity index (χ1n) is 3.03. The Morgan fingerprint density at radius 2 is 2.20 bits per heavy atom. The Bertz CT molecular complexity index is 97.7. The molecule has 0 amide bonds. The molecule has 0 heterocycles. The predicted molar refractivity (Wildman–Crippen MR) is 37.2 cm³/mol. The Kier molecular flexibility index (Phi) is 10.9. The Morgan fingerprint density at radius 3 is 2.50 bits per heavy atom. The van der Waals surface area contributed by atoms with Gasteiger partial charge in [0.05, 0.1) is 10.8 Å². The van der Waals surface area contributed by atoms with E-state index in [4.69, 9.17) is 0 Å². The van der Waals surface area contributed by atoms with Crippen molar-refractivity contribution < 1.29 is 39.5 Å². The Balaban J connectivity index is 0. The molecule has 2 nitrogen and oxygen atoms in total. The zero-order valence-electron chi connectivity index (χ0n) is 6.39. The summed E-state index contributed by atoms with van der Waals surface area (Å²) in [5.74, 6) is -1.01. The van der Waals surface area contributed by atoms with Crippen molar-refractivity contribution in [2.45, 2.75) is 31.0 Å². The van der Waals surface area contributed by atoms with Crippen molar-refractivity contribution >= 4 is 21.9 Å². The maximum atomic E-state index is 10.0. The number of carbonyl (C=O) groups is 1. The molecule has 54 valence electrons. The topological polar surface area (TPSA) is 40.1 Å². The molecule has 0 radical (unpaired) electrons. The Labute approximate surface area is 91.8 Å². The average molecular weight is 217 g/mol. The number of rotatable bonds is 4. The monoisotopic (exact) mass is 216 g/mol. The first-order chi connectivity index (χ1) is 4.18. The molecule has 0 aromatic rings. The van der Waals surface area contributed by atoms with Gasteiger partial charge < -0.3 is 9.90 Å². The summed E-state index contributed by atoms with van der Waals surface area (Å²) in [4.78, 5) is 9.59. The van der Waals surface area contributed by atoms with Gasteiger partial charge in [-0.1, -0.05) is 35.7 Å². The van der Waals surface area contributed by atoms with Crippen LogP contribution < -0.4 is 34.7 Å². The second-order valence-corrected chi connectivity index (χ2v) is 3.03. The van der Waals surface area contributed by atoms with E-state index in [1.807, 2.05) is 6.92 Å². The van der Waals surface area contributed by atoms with Crippen molar-refractivity contribution in [1.82, 2.24) is 0 Å². The summed E-state index contributed by atoms with van der Waals surface area (Å²) in [7, 11) is 0. The summed E-state index contributed by atoms with van der Waals surface area (Å²) in [6.07, 6.45) is 2.62. The van der Waals surface area contributed by atoms with Crippen LogP contribution in [0.2, 0.25) is 0 Å². The summed E-state index contributed by atoms with van der Waals surface area (Å²) < 4.78 is 0. The Hall–Kier alpha value is 0.950. The number of hydrogen-bond donors (Lipinski definition) is 0. The van der Waals surface area contributed by atoms with Gasteiger partial charge in [0.1, 0.15) is 0 Å². The van der Waals surface area contributed by atoms with Crippen molar-refractivity contribution in [1.29, 1.82) is 0 Å². The molecule has 0 aliphatic heterocycles. The fraction of sp³-hybridized carbons (Fsp3) is 0.833. The molecule has 0 bridgehead atoms. The summed E-state index contributed by atoms with van der Waals surface area (Å²) in [5.41, 5.74) is 0. The van der Waals surface area contributed by atoms with Crippen LogP contribution in [0.1, 0.15) is 26.2 Å². The second-order valence-electron chi connectivity index (χ2n) is 1.93. The first kappa shape index (κ1) is 13.5. The van der Waals surface area contributed by atoms with E-state index in [1.165, 1.54) is 0 Å². The molecular weight excluding hydrogens is 207 g/mol. The molecule has 0 unspecified atom stereocenters. The van der Waals surface area contributed by atoms with Gasteiger partial charge in [0.25, 0.3) is 0 Å². The minimum absolute atomic E-state index is 0. The molecular formula is C6H10BrNaO2. The standard InChI is InChI=1S/C6H11BrO2.Na/c1-2-3-4-5(7)6(8)9;/h5H,2-4H2,1H3,(H,8,9);/q;+1/p-1/t5-;/m1./s1. The SMILES string of the molecule is CCCC[C@@H](Br)C(=O)[O-].[Na+]. The van der Waals surface area contributed by atoms with Gasteiger partial charge in [0.15, 0.2) is 0 Å². The zero-order valence-corrected chi connectivity index (χ0v) is 9.98. The van der Waals surface area contributed by atoms with E-state index in [0.717, 1.165) is 12.8 Å². The minimum atomic E-state index is -1.01. The van der Waals surface area contributed by atoms with Crippen LogP contribution in [-0.2, 0) is 4.79 Å². The average Bonchev–Trinajstić information content (AvgIpc) is 1.82. The molecule has 0 fully saturated rings. The molecule has 1 atom stereocenters. The molecule has 0 spiro atoms. The van der Waals surface area contributed by atoms with E-state index in [1.54, 1.807) is 0 Å². The fourth-order valence-electron chi connectivity index (χ4n) is 0.501. The number of halogens is 1.